The first-order valence-electron chi connectivity index (χ1n) is 6.73. The highest BCUT2D eigenvalue weighted by molar-refractivity contribution is 5.36. The largest absolute Gasteiger partial charge is 0.489 e. The van der Waals surface area contributed by atoms with Gasteiger partial charge in [-0.2, -0.15) is 0 Å². The third-order valence-corrected chi connectivity index (χ3v) is 3.84. The molecule has 3 unspecified atom stereocenters. The zero-order chi connectivity index (χ0) is 12.3. The molecule has 0 radical (unpaired) electrons. The van der Waals surface area contributed by atoms with Crippen molar-refractivity contribution in [1.82, 2.24) is 0 Å². The molecular formula is C15H23NO. The summed E-state index contributed by atoms with van der Waals surface area (Å²) in [5.74, 6) is 1.58. The molecule has 17 heavy (non-hydrogen) atoms. The molecule has 2 nitrogen and oxygen atoms in total. The minimum absolute atomic E-state index is 0.208. The quantitative estimate of drug-likeness (QED) is 0.864. The number of ether oxygens (including phenoxy) is 1. The fourth-order valence-electron chi connectivity index (χ4n) is 2.48. The highest BCUT2D eigenvalue weighted by atomic mass is 16.5. The fourth-order valence-corrected chi connectivity index (χ4v) is 2.48. The summed E-state index contributed by atoms with van der Waals surface area (Å²) in [4.78, 5) is 0. The number of nitrogens with two attached hydrogens (primary N) is 1. The van der Waals surface area contributed by atoms with Gasteiger partial charge in [-0.25, -0.2) is 0 Å². The van der Waals surface area contributed by atoms with Gasteiger partial charge in [0.05, 0.1) is 0 Å². The second kappa shape index (κ2) is 5.54. The van der Waals surface area contributed by atoms with Crippen LogP contribution in [0.5, 0.6) is 5.75 Å². The van der Waals surface area contributed by atoms with Gasteiger partial charge in [-0.15, -0.1) is 0 Å². The molecule has 0 aromatic heterocycles. The van der Waals surface area contributed by atoms with Crippen molar-refractivity contribution in [1.29, 1.82) is 0 Å². The Kier molecular flexibility index (Phi) is 4.06. The second-order valence-corrected chi connectivity index (χ2v) is 5.10. The van der Waals surface area contributed by atoms with Crippen molar-refractivity contribution < 1.29 is 4.74 Å². The van der Waals surface area contributed by atoms with Crippen LogP contribution in [0.15, 0.2) is 24.3 Å². The molecule has 0 aliphatic heterocycles. The van der Waals surface area contributed by atoms with Gasteiger partial charge in [0, 0.05) is 6.04 Å². The lowest BCUT2D eigenvalue weighted by Crippen LogP contribution is -2.33. The number of hydrogen-bond donors (Lipinski definition) is 1. The topological polar surface area (TPSA) is 35.2 Å². The van der Waals surface area contributed by atoms with Gasteiger partial charge in [-0.3, -0.25) is 0 Å². The van der Waals surface area contributed by atoms with Crippen LogP contribution < -0.4 is 10.5 Å². The molecule has 1 aromatic carbocycles. The molecule has 2 N–H and O–H groups in total. The van der Waals surface area contributed by atoms with E-state index >= 15 is 0 Å². The minimum Gasteiger partial charge on any atom is -0.489 e. The van der Waals surface area contributed by atoms with Crippen molar-refractivity contribution in [3.05, 3.63) is 29.8 Å². The summed E-state index contributed by atoms with van der Waals surface area (Å²) >= 11 is 0. The summed E-state index contributed by atoms with van der Waals surface area (Å²) in [5.41, 5.74) is 7.37. The van der Waals surface area contributed by atoms with Crippen LogP contribution in [0.4, 0.5) is 0 Å². The van der Waals surface area contributed by atoms with E-state index in [1.807, 2.05) is 6.07 Å². The Bertz CT molecular complexity index is 364. The van der Waals surface area contributed by atoms with E-state index in [0.717, 1.165) is 25.0 Å². The smallest absolute Gasteiger partial charge is 0.123 e. The lowest BCUT2D eigenvalue weighted by atomic mass is 9.98. The Morgan fingerprint density at radius 3 is 2.76 bits per heavy atom. The number of hydrogen-bond acceptors (Lipinski definition) is 2. The molecule has 0 amide bonds. The maximum absolute atomic E-state index is 6.12. The van der Waals surface area contributed by atoms with E-state index in [0.29, 0.717) is 5.92 Å². The van der Waals surface area contributed by atoms with Crippen molar-refractivity contribution in [2.45, 2.75) is 57.6 Å². The van der Waals surface area contributed by atoms with E-state index < -0.39 is 0 Å². The summed E-state index contributed by atoms with van der Waals surface area (Å²) in [6.45, 7) is 4.46. The van der Waals surface area contributed by atoms with Gasteiger partial charge in [0.2, 0.25) is 0 Å². The molecule has 0 heterocycles. The van der Waals surface area contributed by atoms with Crippen LogP contribution in [0.1, 0.15) is 51.0 Å². The number of para-hydroxylation sites is 1. The molecule has 3 atom stereocenters. The van der Waals surface area contributed by atoms with Gasteiger partial charge in [0.15, 0.2) is 0 Å². The molecule has 0 saturated heterocycles. The van der Waals surface area contributed by atoms with E-state index in [-0.39, 0.29) is 12.1 Å². The number of benzene rings is 1. The van der Waals surface area contributed by atoms with Crippen LogP contribution in [0, 0.1) is 0 Å². The Morgan fingerprint density at radius 2 is 2.12 bits per heavy atom. The van der Waals surface area contributed by atoms with Crippen molar-refractivity contribution in [3.8, 4) is 5.75 Å². The molecule has 0 bridgehead atoms. The van der Waals surface area contributed by atoms with E-state index in [1.165, 1.54) is 12.0 Å². The predicted molar refractivity (Wildman–Crippen MR) is 71.4 cm³/mol. The fraction of sp³-hybridized carbons (Fsp3) is 0.600. The third kappa shape index (κ3) is 2.81. The van der Waals surface area contributed by atoms with Crippen LogP contribution in [0.25, 0.3) is 0 Å². The standard InChI is InChI=1S/C15H23NO/c1-3-11(2)12-7-4-5-9-14(12)17-15-10-6-8-13(15)16/h4-5,7,9,11,13,15H,3,6,8,10,16H2,1-2H3. The molecule has 2 heteroatoms. The Balaban J connectivity index is 2.14. The molecule has 1 aliphatic rings. The molecule has 94 valence electrons. The Labute approximate surface area is 104 Å². The molecule has 1 aromatic rings. The summed E-state index contributed by atoms with van der Waals surface area (Å²) in [6, 6.07) is 8.58. The van der Waals surface area contributed by atoms with E-state index in [9.17, 15) is 0 Å². The SMILES string of the molecule is CCC(C)c1ccccc1OC1CCCC1N. The van der Waals surface area contributed by atoms with Crippen LogP contribution >= 0.6 is 0 Å². The van der Waals surface area contributed by atoms with E-state index in [1.54, 1.807) is 0 Å². The molecule has 1 fully saturated rings. The average Bonchev–Trinajstić information content (AvgIpc) is 2.75. The first-order valence-corrected chi connectivity index (χ1v) is 6.73. The predicted octanol–water partition coefficient (Wildman–Crippen LogP) is 3.46. The van der Waals surface area contributed by atoms with Crippen molar-refractivity contribution in [2.75, 3.05) is 0 Å². The van der Waals surface area contributed by atoms with Crippen molar-refractivity contribution >= 4 is 0 Å². The van der Waals surface area contributed by atoms with Gasteiger partial charge >= 0.3 is 0 Å². The number of rotatable bonds is 4. The van der Waals surface area contributed by atoms with Crippen molar-refractivity contribution in [2.24, 2.45) is 5.73 Å². The van der Waals surface area contributed by atoms with E-state index in [4.69, 9.17) is 10.5 Å². The van der Waals surface area contributed by atoms with Gasteiger partial charge in [0.25, 0.3) is 0 Å². The second-order valence-electron chi connectivity index (χ2n) is 5.10. The lowest BCUT2D eigenvalue weighted by molar-refractivity contribution is 0.189. The summed E-state index contributed by atoms with van der Waals surface area (Å²) in [5, 5.41) is 0. The zero-order valence-corrected chi connectivity index (χ0v) is 10.9. The van der Waals surface area contributed by atoms with Crippen LogP contribution in [-0.2, 0) is 0 Å². The zero-order valence-electron chi connectivity index (χ0n) is 10.9. The highest BCUT2D eigenvalue weighted by Gasteiger charge is 2.26. The molecule has 1 aliphatic carbocycles. The lowest BCUT2D eigenvalue weighted by Gasteiger charge is -2.22. The Morgan fingerprint density at radius 1 is 1.35 bits per heavy atom. The van der Waals surface area contributed by atoms with Gasteiger partial charge in [-0.1, -0.05) is 32.0 Å². The summed E-state index contributed by atoms with van der Waals surface area (Å²) in [6.07, 6.45) is 4.72. The van der Waals surface area contributed by atoms with Gasteiger partial charge in [-0.05, 0) is 43.2 Å². The molecule has 2 rings (SSSR count). The highest BCUT2D eigenvalue weighted by Crippen LogP contribution is 2.31. The summed E-state index contributed by atoms with van der Waals surface area (Å²) in [7, 11) is 0. The van der Waals surface area contributed by atoms with Crippen LogP contribution in [-0.4, -0.2) is 12.1 Å². The molecule has 1 saturated carbocycles. The molecular weight excluding hydrogens is 210 g/mol. The third-order valence-electron chi connectivity index (χ3n) is 3.84. The Hall–Kier alpha value is -1.02. The van der Waals surface area contributed by atoms with Crippen LogP contribution in [0.2, 0.25) is 0 Å². The first kappa shape index (κ1) is 12.4. The normalized spacial score (nSPS) is 25.8. The van der Waals surface area contributed by atoms with Crippen molar-refractivity contribution in [3.63, 3.8) is 0 Å². The summed E-state index contributed by atoms with van der Waals surface area (Å²) < 4.78 is 6.12. The maximum Gasteiger partial charge on any atom is 0.123 e. The van der Waals surface area contributed by atoms with Gasteiger partial charge in [0.1, 0.15) is 11.9 Å². The first-order chi connectivity index (χ1) is 8.22. The average molecular weight is 233 g/mol. The monoisotopic (exact) mass is 233 g/mol. The van der Waals surface area contributed by atoms with E-state index in [2.05, 4.69) is 32.0 Å². The van der Waals surface area contributed by atoms with Crippen LogP contribution in [0.3, 0.4) is 0 Å². The minimum atomic E-state index is 0.208. The maximum atomic E-state index is 6.12. The molecule has 0 spiro atoms. The van der Waals surface area contributed by atoms with Gasteiger partial charge < -0.3 is 10.5 Å².